The van der Waals surface area contributed by atoms with E-state index in [-0.39, 0.29) is 10.8 Å². The summed E-state index contributed by atoms with van der Waals surface area (Å²) in [5.41, 5.74) is 1.08. The van der Waals surface area contributed by atoms with Gasteiger partial charge in [0.2, 0.25) is 5.91 Å². The molecule has 2 saturated carbocycles. The summed E-state index contributed by atoms with van der Waals surface area (Å²) < 4.78 is 5.34. The summed E-state index contributed by atoms with van der Waals surface area (Å²) in [5.74, 6) is 0.971. The minimum atomic E-state index is -0.245. The third-order valence-electron chi connectivity index (χ3n) is 5.60. The Kier molecular flexibility index (Phi) is 2.60. The van der Waals surface area contributed by atoms with Crippen molar-refractivity contribution in [3.8, 4) is 0 Å². The molecule has 2 bridgehead atoms. The number of hydrogen-bond acceptors (Lipinski definition) is 2. The average Bonchev–Trinajstić information content (AvgIpc) is 2.90. The molecule has 0 radical (unpaired) electrons. The van der Waals surface area contributed by atoms with Crippen molar-refractivity contribution in [1.82, 2.24) is 4.90 Å². The van der Waals surface area contributed by atoms with Crippen LogP contribution in [0.15, 0.2) is 12.2 Å². The molecule has 0 aromatic rings. The molecule has 1 heterocycles. The minimum absolute atomic E-state index is 0.139. The van der Waals surface area contributed by atoms with Crippen LogP contribution in [0.4, 0.5) is 0 Å². The van der Waals surface area contributed by atoms with Crippen LogP contribution in [0, 0.1) is 16.7 Å². The number of amides is 1. The van der Waals surface area contributed by atoms with Crippen LogP contribution >= 0.6 is 0 Å². The lowest BCUT2D eigenvalue weighted by Gasteiger charge is -2.40. The van der Waals surface area contributed by atoms with Crippen molar-refractivity contribution in [2.75, 3.05) is 26.3 Å². The highest BCUT2D eigenvalue weighted by Gasteiger charge is 2.61. The molecule has 3 aliphatic rings. The van der Waals surface area contributed by atoms with E-state index >= 15 is 0 Å². The van der Waals surface area contributed by atoms with Crippen molar-refractivity contribution >= 4 is 5.91 Å². The standard InChI is InChI=1S/C15H23NO2/c1-11-14(2,3)12-4-5-15(11,10-12)13(17)16-6-8-18-9-7-16/h12H,1,4-10H2,2-3H3. The predicted octanol–water partition coefficient (Wildman–Crippen LogP) is 2.23. The highest BCUT2D eigenvalue weighted by molar-refractivity contribution is 5.87. The van der Waals surface area contributed by atoms with Gasteiger partial charge in [0.1, 0.15) is 0 Å². The first kappa shape index (κ1) is 12.2. The largest absolute Gasteiger partial charge is 0.378 e. The molecule has 3 nitrogen and oxygen atoms in total. The van der Waals surface area contributed by atoms with Gasteiger partial charge in [0, 0.05) is 13.1 Å². The SMILES string of the molecule is C=C1C2(C(=O)N3CCOCC3)CCC(C2)C1(C)C. The van der Waals surface area contributed by atoms with Gasteiger partial charge in [0.05, 0.1) is 18.6 Å². The van der Waals surface area contributed by atoms with Crippen LogP contribution in [0.25, 0.3) is 0 Å². The third kappa shape index (κ3) is 1.43. The molecule has 0 spiro atoms. The quantitative estimate of drug-likeness (QED) is 0.667. The summed E-state index contributed by atoms with van der Waals surface area (Å²) in [5, 5.41) is 0. The van der Waals surface area contributed by atoms with Gasteiger partial charge in [-0.25, -0.2) is 0 Å². The molecule has 18 heavy (non-hydrogen) atoms. The van der Waals surface area contributed by atoms with Crippen molar-refractivity contribution in [3.05, 3.63) is 12.2 Å². The van der Waals surface area contributed by atoms with Gasteiger partial charge < -0.3 is 9.64 Å². The van der Waals surface area contributed by atoms with Gasteiger partial charge >= 0.3 is 0 Å². The van der Waals surface area contributed by atoms with Crippen LogP contribution < -0.4 is 0 Å². The molecule has 3 fully saturated rings. The number of carbonyl (C=O) groups excluding carboxylic acids is 1. The molecule has 1 aliphatic heterocycles. The molecule has 2 aliphatic carbocycles. The number of hydrogen-bond donors (Lipinski definition) is 0. The number of fused-ring (bicyclic) bond motifs is 2. The summed E-state index contributed by atoms with van der Waals surface area (Å²) >= 11 is 0. The summed E-state index contributed by atoms with van der Waals surface area (Å²) in [6.07, 6.45) is 3.22. The zero-order valence-electron chi connectivity index (χ0n) is 11.5. The van der Waals surface area contributed by atoms with Gasteiger partial charge in [0.15, 0.2) is 0 Å². The molecule has 3 rings (SSSR count). The number of morpholine rings is 1. The lowest BCUT2D eigenvalue weighted by molar-refractivity contribution is -0.143. The maximum Gasteiger partial charge on any atom is 0.233 e. The number of nitrogens with zero attached hydrogens (tertiary/aromatic N) is 1. The fourth-order valence-electron chi connectivity index (χ4n) is 4.19. The summed E-state index contributed by atoms with van der Waals surface area (Å²) in [6, 6.07) is 0. The second-order valence-electron chi connectivity index (χ2n) is 6.63. The van der Waals surface area contributed by atoms with Gasteiger partial charge in [-0.3, -0.25) is 4.79 Å². The van der Waals surface area contributed by atoms with Gasteiger partial charge in [-0.1, -0.05) is 26.0 Å². The molecule has 1 saturated heterocycles. The zero-order chi connectivity index (χ0) is 13.0. The van der Waals surface area contributed by atoms with Gasteiger partial charge in [-0.05, 0) is 30.6 Å². The maximum atomic E-state index is 12.9. The van der Waals surface area contributed by atoms with E-state index < -0.39 is 0 Å². The van der Waals surface area contributed by atoms with Crippen LogP contribution in [0.5, 0.6) is 0 Å². The van der Waals surface area contributed by atoms with E-state index in [9.17, 15) is 4.79 Å². The first-order chi connectivity index (χ1) is 8.48. The van der Waals surface area contributed by atoms with Gasteiger partial charge in [-0.2, -0.15) is 0 Å². The number of rotatable bonds is 1. The fraction of sp³-hybridized carbons (Fsp3) is 0.800. The van der Waals surface area contributed by atoms with Crippen molar-refractivity contribution < 1.29 is 9.53 Å². The van der Waals surface area contributed by atoms with E-state index in [1.165, 1.54) is 12.0 Å². The molecular weight excluding hydrogens is 226 g/mol. The monoisotopic (exact) mass is 249 g/mol. The Bertz CT molecular complexity index is 395. The van der Waals surface area contributed by atoms with Crippen LogP contribution in [0.3, 0.4) is 0 Å². The Morgan fingerprint density at radius 3 is 2.61 bits per heavy atom. The molecule has 100 valence electrons. The maximum absolute atomic E-state index is 12.9. The summed E-state index contributed by atoms with van der Waals surface area (Å²) in [4.78, 5) is 14.9. The molecule has 0 aromatic carbocycles. The topological polar surface area (TPSA) is 29.5 Å². The van der Waals surface area contributed by atoms with Crippen molar-refractivity contribution in [1.29, 1.82) is 0 Å². The second-order valence-corrected chi connectivity index (χ2v) is 6.63. The molecule has 2 unspecified atom stereocenters. The van der Waals surface area contributed by atoms with Gasteiger partial charge in [-0.15, -0.1) is 0 Å². The van der Waals surface area contributed by atoms with Gasteiger partial charge in [0.25, 0.3) is 0 Å². The van der Waals surface area contributed by atoms with Crippen LogP contribution in [-0.2, 0) is 9.53 Å². The lowest BCUT2D eigenvalue weighted by atomic mass is 9.68. The van der Waals surface area contributed by atoms with E-state index in [1.54, 1.807) is 0 Å². The Morgan fingerprint density at radius 2 is 2.06 bits per heavy atom. The van der Waals surface area contributed by atoms with E-state index in [2.05, 4.69) is 20.4 Å². The first-order valence-electron chi connectivity index (χ1n) is 7.05. The first-order valence-corrected chi connectivity index (χ1v) is 7.05. The number of carbonyl (C=O) groups is 1. The van der Waals surface area contributed by atoms with Crippen LogP contribution in [-0.4, -0.2) is 37.1 Å². The Balaban J connectivity index is 1.87. The highest BCUT2D eigenvalue weighted by atomic mass is 16.5. The molecule has 2 atom stereocenters. The van der Waals surface area contributed by atoms with Crippen LogP contribution in [0.2, 0.25) is 0 Å². The fourth-order valence-corrected chi connectivity index (χ4v) is 4.19. The summed E-state index contributed by atoms with van der Waals surface area (Å²) in [7, 11) is 0. The van der Waals surface area contributed by atoms with E-state index in [1.807, 2.05) is 4.90 Å². The zero-order valence-corrected chi connectivity index (χ0v) is 11.5. The molecule has 3 heteroatoms. The smallest absolute Gasteiger partial charge is 0.233 e. The summed E-state index contributed by atoms with van der Waals surface area (Å²) in [6.45, 7) is 11.7. The number of ether oxygens (including phenoxy) is 1. The second kappa shape index (κ2) is 3.83. The van der Waals surface area contributed by atoms with E-state index in [4.69, 9.17) is 4.74 Å². The average molecular weight is 249 g/mol. The van der Waals surface area contributed by atoms with Crippen molar-refractivity contribution in [3.63, 3.8) is 0 Å². The Labute approximate surface area is 109 Å². The van der Waals surface area contributed by atoms with Crippen molar-refractivity contribution in [2.24, 2.45) is 16.7 Å². The van der Waals surface area contributed by atoms with Crippen molar-refractivity contribution in [2.45, 2.75) is 33.1 Å². The normalized spacial score (nSPS) is 38.2. The Morgan fingerprint density at radius 1 is 1.39 bits per heavy atom. The van der Waals surface area contributed by atoms with E-state index in [0.717, 1.165) is 25.9 Å². The van der Waals surface area contributed by atoms with E-state index in [0.29, 0.717) is 25.0 Å². The Hall–Kier alpha value is -0.830. The predicted molar refractivity (Wildman–Crippen MR) is 70.1 cm³/mol. The minimum Gasteiger partial charge on any atom is -0.378 e. The molecule has 0 aromatic heterocycles. The molecular formula is C15H23NO2. The van der Waals surface area contributed by atoms with Crippen LogP contribution in [0.1, 0.15) is 33.1 Å². The lowest BCUT2D eigenvalue weighted by Crippen LogP contribution is -2.48. The molecule has 1 amide bonds. The highest BCUT2D eigenvalue weighted by Crippen LogP contribution is 2.65. The molecule has 0 N–H and O–H groups in total. The third-order valence-corrected chi connectivity index (χ3v) is 5.60.